The molecule has 0 fully saturated rings. The van der Waals surface area contributed by atoms with Crippen molar-refractivity contribution in [3.63, 3.8) is 0 Å². The number of rotatable bonds is 7. The summed E-state index contributed by atoms with van der Waals surface area (Å²) in [7, 11) is 0. The number of hydrogen-bond donors (Lipinski definition) is 0. The highest BCUT2D eigenvalue weighted by molar-refractivity contribution is 7.09. The lowest BCUT2D eigenvalue weighted by Crippen LogP contribution is -2.37. The second-order valence-corrected chi connectivity index (χ2v) is 8.44. The standard InChI is InChI=1S/C23H20ClN3O2S/c24-18-8-9-21-20(13-18)23(29)27(16-25-21)15-22(28)26(14-19-7-4-12-30-19)11-10-17-5-2-1-3-6-17/h1-9,12-13,16H,10-11,14-15H2. The van der Waals surface area contributed by atoms with Crippen LogP contribution in [0.15, 0.2) is 77.2 Å². The summed E-state index contributed by atoms with van der Waals surface area (Å²) in [5.41, 5.74) is 1.46. The molecule has 0 spiro atoms. The molecule has 0 N–H and O–H groups in total. The Labute approximate surface area is 183 Å². The van der Waals surface area contributed by atoms with Gasteiger partial charge in [-0.1, -0.05) is 48.0 Å². The molecule has 0 aliphatic heterocycles. The quantitative estimate of drug-likeness (QED) is 0.431. The fraction of sp³-hybridized carbons (Fsp3) is 0.174. The molecule has 2 heterocycles. The summed E-state index contributed by atoms with van der Waals surface area (Å²) in [5, 5.41) is 2.87. The van der Waals surface area contributed by atoms with Gasteiger partial charge >= 0.3 is 0 Å². The van der Waals surface area contributed by atoms with Gasteiger partial charge in [-0.25, -0.2) is 4.98 Å². The summed E-state index contributed by atoms with van der Waals surface area (Å²) in [6, 6.07) is 19.0. The van der Waals surface area contributed by atoms with Gasteiger partial charge in [0.25, 0.3) is 5.56 Å². The lowest BCUT2D eigenvalue weighted by Gasteiger charge is -2.23. The SMILES string of the molecule is O=C(Cn1cnc2ccc(Cl)cc2c1=O)N(CCc1ccccc1)Cc1cccs1. The van der Waals surface area contributed by atoms with Crippen LogP contribution in [-0.4, -0.2) is 26.9 Å². The second-order valence-electron chi connectivity index (χ2n) is 6.97. The highest BCUT2D eigenvalue weighted by atomic mass is 35.5. The van der Waals surface area contributed by atoms with Crippen LogP contribution in [0.5, 0.6) is 0 Å². The Bertz CT molecular complexity index is 1210. The zero-order valence-corrected chi connectivity index (χ0v) is 17.8. The number of aromatic nitrogens is 2. The first-order chi connectivity index (χ1) is 14.6. The normalized spacial score (nSPS) is 11.0. The van der Waals surface area contributed by atoms with Crippen LogP contribution in [0.2, 0.25) is 5.02 Å². The number of hydrogen-bond acceptors (Lipinski definition) is 4. The van der Waals surface area contributed by atoms with E-state index in [1.165, 1.54) is 16.5 Å². The van der Waals surface area contributed by atoms with E-state index >= 15 is 0 Å². The second kappa shape index (κ2) is 9.24. The molecule has 7 heteroatoms. The molecular formula is C23H20ClN3O2S. The maximum absolute atomic E-state index is 13.1. The monoisotopic (exact) mass is 437 g/mol. The van der Waals surface area contributed by atoms with Gasteiger partial charge in [-0.05, 0) is 41.6 Å². The highest BCUT2D eigenvalue weighted by Gasteiger charge is 2.17. The Morgan fingerprint density at radius 2 is 1.93 bits per heavy atom. The van der Waals surface area contributed by atoms with Gasteiger partial charge in [-0.15, -0.1) is 11.3 Å². The van der Waals surface area contributed by atoms with Crippen molar-refractivity contribution in [3.8, 4) is 0 Å². The number of amides is 1. The molecule has 4 rings (SSSR count). The molecule has 1 amide bonds. The van der Waals surface area contributed by atoms with E-state index in [-0.39, 0.29) is 18.0 Å². The Balaban J connectivity index is 1.55. The Hall–Kier alpha value is -2.96. The van der Waals surface area contributed by atoms with Crippen LogP contribution in [0.3, 0.4) is 0 Å². The fourth-order valence-electron chi connectivity index (χ4n) is 3.28. The zero-order valence-electron chi connectivity index (χ0n) is 16.2. The molecule has 0 aliphatic carbocycles. The summed E-state index contributed by atoms with van der Waals surface area (Å²) < 4.78 is 1.35. The summed E-state index contributed by atoms with van der Waals surface area (Å²) in [5.74, 6) is -0.121. The minimum absolute atomic E-state index is 0.0611. The van der Waals surface area contributed by atoms with Crippen LogP contribution in [0.1, 0.15) is 10.4 Å². The molecule has 4 aromatic rings. The van der Waals surface area contributed by atoms with Gasteiger partial charge in [-0.3, -0.25) is 14.2 Å². The van der Waals surface area contributed by atoms with Crippen molar-refractivity contribution < 1.29 is 4.79 Å². The van der Waals surface area contributed by atoms with Crippen molar-refractivity contribution in [3.05, 3.63) is 98.2 Å². The van der Waals surface area contributed by atoms with E-state index in [0.717, 1.165) is 11.3 Å². The van der Waals surface area contributed by atoms with Crippen molar-refractivity contribution in [2.24, 2.45) is 0 Å². The van der Waals surface area contributed by atoms with Gasteiger partial charge in [0.2, 0.25) is 5.91 Å². The van der Waals surface area contributed by atoms with Gasteiger partial charge in [0.1, 0.15) is 6.54 Å². The third-order valence-corrected chi connectivity index (χ3v) is 5.98. The van der Waals surface area contributed by atoms with Crippen molar-refractivity contribution in [1.29, 1.82) is 0 Å². The molecule has 0 bridgehead atoms. The van der Waals surface area contributed by atoms with Crippen LogP contribution in [0.4, 0.5) is 0 Å². The van der Waals surface area contributed by atoms with E-state index in [9.17, 15) is 9.59 Å². The molecule has 0 saturated heterocycles. The fourth-order valence-corrected chi connectivity index (χ4v) is 4.17. The van der Waals surface area contributed by atoms with Gasteiger partial charge in [0, 0.05) is 16.4 Å². The number of halogens is 1. The largest absolute Gasteiger partial charge is 0.336 e. The minimum Gasteiger partial charge on any atom is -0.336 e. The van der Waals surface area contributed by atoms with Crippen LogP contribution in [0, 0.1) is 0 Å². The molecular weight excluding hydrogens is 418 g/mol. The highest BCUT2D eigenvalue weighted by Crippen LogP contribution is 2.15. The third-order valence-electron chi connectivity index (χ3n) is 4.88. The molecule has 30 heavy (non-hydrogen) atoms. The molecule has 0 unspecified atom stereocenters. The maximum Gasteiger partial charge on any atom is 0.261 e. The van der Waals surface area contributed by atoms with Crippen LogP contribution >= 0.6 is 22.9 Å². The summed E-state index contributed by atoms with van der Waals surface area (Å²) >= 11 is 7.64. The van der Waals surface area contributed by atoms with Crippen molar-refractivity contribution in [1.82, 2.24) is 14.5 Å². The Morgan fingerprint density at radius 3 is 2.70 bits per heavy atom. The molecule has 5 nitrogen and oxygen atoms in total. The Morgan fingerprint density at radius 1 is 1.10 bits per heavy atom. The first kappa shape index (κ1) is 20.3. The van der Waals surface area contributed by atoms with E-state index in [2.05, 4.69) is 17.1 Å². The van der Waals surface area contributed by atoms with Gasteiger partial charge < -0.3 is 4.90 Å². The maximum atomic E-state index is 13.1. The molecule has 0 atom stereocenters. The lowest BCUT2D eigenvalue weighted by atomic mass is 10.1. The van der Waals surface area contributed by atoms with E-state index in [1.54, 1.807) is 34.4 Å². The van der Waals surface area contributed by atoms with Gasteiger partial charge in [-0.2, -0.15) is 0 Å². The predicted molar refractivity (Wildman–Crippen MR) is 121 cm³/mol. The number of benzene rings is 2. The van der Waals surface area contributed by atoms with Crippen molar-refractivity contribution >= 4 is 39.7 Å². The molecule has 152 valence electrons. The van der Waals surface area contributed by atoms with E-state index in [4.69, 9.17) is 11.6 Å². The number of thiophene rings is 1. The molecule has 0 saturated carbocycles. The van der Waals surface area contributed by atoms with Crippen LogP contribution in [-0.2, 0) is 24.3 Å². The number of nitrogens with zero attached hydrogens (tertiary/aromatic N) is 3. The minimum atomic E-state index is -0.269. The average Bonchev–Trinajstić information content (AvgIpc) is 3.27. The van der Waals surface area contributed by atoms with Crippen LogP contribution < -0.4 is 5.56 Å². The first-order valence-electron chi connectivity index (χ1n) is 9.59. The zero-order chi connectivity index (χ0) is 20.9. The molecule has 0 aliphatic rings. The molecule has 0 radical (unpaired) electrons. The topological polar surface area (TPSA) is 55.2 Å². The molecule has 2 aromatic carbocycles. The smallest absolute Gasteiger partial charge is 0.261 e. The van der Waals surface area contributed by atoms with Crippen LogP contribution in [0.25, 0.3) is 10.9 Å². The van der Waals surface area contributed by atoms with E-state index in [1.807, 2.05) is 35.7 Å². The molecule has 2 aromatic heterocycles. The number of carbonyl (C=O) groups excluding carboxylic acids is 1. The van der Waals surface area contributed by atoms with Gasteiger partial charge in [0.05, 0.1) is 23.8 Å². The van der Waals surface area contributed by atoms with Crippen molar-refractivity contribution in [2.45, 2.75) is 19.5 Å². The van der Waals surface area contributed by atoms with Crippen molar-refractivity contribution in [2.75, 3.05) is 6.54 Å². The van der Waals surface area contributed by atoms with E-state index < -0.39 is 0 Å². The summed E-state index contributed by atoms with van der Waals surface area (Å²) in [6.45, 7) is 1.03. The van der Waals surface area contributed by atoms with E-state index in [0.29, 0.717) is 29.0 Å². The number of carbonyl (C=O) groups is 1. The first-order valence-corrected chi connectivity index (χ1v) is 10.8. The number of fused-ring (bicyclic) bond motifs is 1. The summed E-state index contributed by atoms with van der Waals surface area (Å²) in [4.78, 5) is 33.2. The predicted octanol–water partition coefficient (Wildman–Crippen LogP) is 4.38. The average molecular weight is 438 g/mol. The van der Waals surface area contributed by atoms with Gasteiger partial charge in [0.15, 0.2) is 0 Å². The Kier molecular flexibility index (Phi) is 6.26. The third kappa shape index (κ3) is 4.78. The lowest BCUT2D eigenvalue weighted by molar-refractivity contribution is -0.132. The summed E-state index contributed by atoms with van der Waals surface area (Å²) in [6.07, 6.45) is 2.18.